The van der Waals surface area contributed by atoms with E-state index in [0.717, 1.165) is 25.0 Å². The lowest BCUT2D eigenvalue weighted by molar-refractivity contribution is -0.141. The third kappa shape index (κ3) is 7.74. The van der Waals surface area contributed by atoms with Gasteiger partial charge in [-0.05, 0) is 37.1 Å². The Balaban J connectivity index is 2.01. The average Bonchev–Trinajstić information content (AvgIpc) is 3.21. The number of imidazole rings is 1. The summed E-state index contributed by atoms with van der Waals surface area (Å²) in [5.41, 5.74) is 0.142. The molecular weight excluding hydrogens is 496 g/mol. The van der Waals surface area contributed by atoms with Crippen molar-refractivity contribution in [1.29, 1.82) is 0 Å². The SMILES string of the molecule is CCCCN(Cc1ccc(OC(F)F)c(F)c1)Cc1c(C(F)(F)F)nc(-c2ccccc2)n1CCCC. The minimum Gasteiger partial charge on any atom is -0.432 e. The second kappa shape index (κ2) is 13.0. The zero-order chi connectivity index (χ0) is 27.0. The number of aromatic nitrogens is 2. The van der Waals surface area contributed by atoms with Crippen molar-refractivity contribution in [2.24, 2.45) is 0 Å². The molecule has 3 aromatic rings. The molecule has 202 valence electrons. The minimum absolute atomic E-state index is 0.0500. The van der Waals surface area contributed by atoms with Gasteiger partial charge in [0.1, 0.15) is 5.82 Å². The molecule has 0 aliphatic rings. The summed E-state index contributed by atoms with van der Waals surface area (Å²) in [6, 6.07) is 12.4. The Morgan fingerprint density at radius 2 is 1.68 bits per heavy atom. The molecule has 0 N–H and O–H groups in total. The summed E-state index contributed by atoms with van der Waals surface area (Å²) < 4.78 is 87.6. The quantitative estimate of drug-likeness (QED) is 0.212. The number of hydrogen-bond donors (Lipinski definition) is 0. The van der Waals surface area contributed by atoms with E-state index in [1.165, 1.54) is 6.07 Å². The van der Waals surface area contributed by atoms with Crippen LogP contribution in [-0.2, 0) is 25.8 Å². The van der Waals surface area contributed by atoms with Crippen LogP contribution in [0.1, 0.15) is 56.5 Å². The molecule has 0 bridgehead atoms. The standard InChI is InChI=1S/C27H31F6N3O/c1-3-5-14-35(17-19-12-13-23(21(28)16-19)37-26(29)30)18-22-24(27(31,32)33)34-25(36(22)15-6-4-2)20-10-8-7-9-11-20/h7-13,16,26H,3-6,14-15,17-18H2,1-2H3. The second-order valence-electron chi connectivity index (χ2n) is 8.81. The Labute approximate surface area is 212 Å². The molecule has 0 atom stereocenters. The van der Waals surface area contributed by atoms with Gasteiger partial charge in [0, 0.05) is 25.2 Å². The highest BCUT2D eigenvalue weighted by atomic mass is 19.4. The van der Waals surface area contributed by atoms with Gasteiger partial charge < -0.3 is 9.30 Å². The van der Waals surface area contributed by atoms with Gasteiger partial charge in [0.15, 0.2) is 17.3 Å². The van der Waals surface area contributed by atoms with E-state index in [-0.39, 0.29) is 24.6 Å². The molecule has 2 aromatic carbocycles. The van der Waals surface area contributed by atoms with Gasteiger partial charge in [-0.1, -0.05) is 63.1 Å². The van der Waals surface area contributed by atoms with Crippen molar-refractivity contribution in [2.45, 2.75) is 72.0 Å². The molecule has 0 radical (unpaired) electrons. The Morgan fingerprint density at radius 1 is 0.973 bits per heavy atom. The lowest BCUT2D eigenvalue weighted by atomic mass is 10.1. The highest BCUT2D eigenvalue weighted by molar-refractivity contribution is 5.57. The van der Waals surface area contributed by atoms with Gasteiger partial charge in [-0.2, -0.15) is 22.0 Å². The maximum absolute atomic E-state index is 14.3. The summed E-state index contributed by atoms with van der Waals surface area (Å²) in [4.78, 5) is 5.86. The number of hydrogen-bond acceptors (Lipinski definition) is 3. The fraction of sp³-hybridized carbons (Fsp3) is 0.444. The molecule has 0 aliphatic carbocycles. The molecular formula is C27H31F6N3O. The molecule has 0 fully saturated rings. The van der Waals surface area contributed by atoms with Gasteiger partial charge in [0.25, 0.3) is 0 Å². The second-order valence-corrected chi connectivity index (χ2v) is 8.81. The van der Waals surface area contributed by atoms with Crippen molar-refractivity contribution in [3.63, 3.8) is 0 Å². The number of benzene rings is 2. The Kier molecular flexibility index (Phi) is 10.0. The number of alkyl halides is 5. The predicted molar refractivity (Wildman–Crippen MR) is 130 cm³/mol. The summed E-state index contributed by atoms with van der Waals surface area (Å²) in [6.07, 6.45) is -1.67. The molecule has 0 aliphatic heterocycles. The fourth-order valence-corrected chi connectivity index (χ4v) is 4.14. The van der Waals surface area contributed by atoms with E-state index >= 15 is 0 Å². The van der Waals surface area contributed by atoms with Crippen molar-refractivity contribution in [3.05, 3.63) is 71.3 Å². The lowest BCUT2D eigenvalue weighted by Crippen LogP contribution is -2.27. The molecule has 0 amide bonds. The largest absolute Gasteiger partial charge is 0.435 e. The highest BCUT2D eigenvalue weighted by Gasteiger charge is 2.39. The molecule has 4 nitrogen and oxygen atoms in total. The van der Waals surface area contributed by atoms with E-state index in [1.54, 1.807) is 39.8 Å². The molecule has 0 spiro atoms. The van der Waals surface area contributed by atoms with Gasteiger partial charge in [-0.3, -0.25) is 4.90 Å². The molecule has 1 aromatic heterocycles. The smallest absolute Gasteiger partial charge is 0.432 e. The molecule has 37 heavy (non-hydrogen) atoms. The van der Waals surface area contributed by atoms with Gasteiger partial charge in [0.2, 0.25) is 0 Å². The summed E-state index contributed by atoms with van der Waals surface area (Å²) in [7, 11) is 0. The van der Waals surface area contributed by atoms with Crippen molar-refractivity contribution in [2.75, 3.05) is 6.54 Å². The van der Waals surface area contributed by atoms with Crippen molar-refractivity contribution in [3.8, 4) is 17.1 Å². The average molecular weight is 528 g/mol. The van der Waals surface area contributed by atoms with Crippen LogP contribution in [0.2, 0.25) is 0 Å². The van der Waals surface area contributed by atoms with Crippen molar-refractivity contribution in [1.82, 2.24) is 14.5 Å². The Hall–Kier alpha value is -3.01. The van der Waals surface area contributed by atoms with E-state index < -0.39 is 30.0 Å². The Bertz CT molecular complexity index is 1130. The third-order valence-corrected chi connectivity index (χ3v) is 5.93. The molecule has 0 saturated carbocycles. The zero-order valence-electron chi connectivity index (χ0n) is 20.9. The monoisotopic (exact) mass is 527 g/mol. The van der Waals surface area contributed by atoms with E-state index in [1.807, 2.05) is 13.8 Å². The number of rotatable bonds is 13. The predicted octanol–water partition coefficient (Wildman–Crippen LogP) is 7.91. The van der Waals surface area contributed by atoms with E-state index in [2.05, 4.69) is 9.72 Å². The van der Waals surface area contributed by atoms with Crippen LogP contribution in [0.4, 0.5) is 26.3 Å². The lowest BCUT2D eigenvalue weighted by Gasteiger charge is -2.24. The van der Waals surface area contributed by atoms with Crippen LogP contribution in [0.3, 0.4) is 0 Å². The molecule has 1 heterocycles. The molecule has 0 saturated heterocycles. The van der Waals surface area contributed by atoms with Crippen LogP contribution in [0.5, 0.6) is 5.75 Å². The van der Waals surface area contributed by atoms with Crippen molar-refractivity contribution >= 4 is 0 Å². The van der Waals surface area contributed by atoms with E-state index in [0.29, 0.717) is 37.1 Å². The summed E-state index contributed by atoms with van der Waals surface area (Å²) in [6.45, 7) is 1.67. The van der Waals surface area contributed by atoms with Crippen LogP contribution >= 0.6 is 0 Å². The van der Waals surface area contributed by atoms with E-state index in [4.69, 9.17) is 0 Å². The van der Waals surface area contributed by atoms with Crippen LogP contribution in [-0.4, -0.2) is 27.6 Å². The van der Waals surface area contributed by atoms with Crippen LogP contribution in [0.15, 0.2) is 48.5 Å². The number of ether oxygens (including phenoxy) is 1. The number of unbranched alkanes of at least 4 members (excludes halogenated alkanes) is 2. The third-order valence-electron chi connectivity index (χ3n) is 5.93. The minimum atomic E-state index is -4.66. The summed E-state index contributed by atoms with van der Waals surface area (Å²) in [5.74, 6) is -1.28. The first-order valence-electron chi connectivity index (χ1n) is 12.3. The van der Waals surface area contributed by atoms with Crippen LogP contribution in [0.25, 0.3) is 11.4 Å². The van der Waals surface area contributed by atoms with Crippen molar-refractivity contribution < 1.29 is 31.1 Å². The first kappa shape index (κ1) is 28.6. The van der Waals surface area contributed by atoms with Gasteiger partial charge in [-0.25, -0.2) is 9.37 Å². The molecule has 3 rings (SSSR count). The van der Waals surface area contributed by atoms with Gasteiger partial charge in [0.05, 0.1) is 5.69 Å². The van der Waals surface area contributed by atoms with E-state index in [9.17, 15) is 26.3 Å². The number of halogens is 6. The number of nitrogens with zero attached hydrogens (tertiary/aromatic N) is 3. The first-order valence-corrected chi connectivity index (χ1v) is 12.3. The normalized spacial score (nSPS) is 12.1. The first-order chi connectivity index (χ1) is 17.6. The molecule has 10 heteroatoms. The Morgan fingerprint density at radius 3 is 2.27 bits per heavy atom. The fourth-order valence-electron chi connectivity index (χ4n) is 4.14. The maximum Gasteiger partial charge on any atom is 0.435 e. The van der Waals surface area contributed by atoms with Gasteiger partial charge >= 0.3 is 12.8 Å². The summed E-state index contributed by atoms with van der Waals surface area (Å²) >= 11 is 0. The maximum atomic E-state index is 14.3. The zero-order valence-corrected chi connectivity index (χ0v) is 20.9. The summed E-state index contributed by atoms with van der Waals surface area (Å²) in [5, 5.41) is 0. The van der Waals surface area contributed by atoms with Gasteiger partial charge in [-0.15, -0.1) is 0 Å². The van der Waals surface area contributed by atoms with Crippen LogP contribution < -0.4 is 4.74 Å². The van der Waals surface area contributed by atoms with Crippen LogP contribution in [0, 0.1) is 5.82 Å². The highest BCUT2D eigenvalue weighted by Crippen LogP contribution is 2.36. The molecule has 0 unspecified atom stereocenters. The topological polar surface area (TPSA) is 30.3 Å².